The molecule has 1 N–H and O–H groups in total. The first-order valence-electron chi connectivity index (χ1n) is 14.5. The molecule has 11 heteroatoms. The molecule has 0 radical (unpaired) electrons. The van der Waals surface area contributed by atoms with Crippen LogP contribution in [0.1, 0.15) is 74.2 Å². The third-order valence-electron chi connectivity index (χ3n) is 9.23. The van der Waals surface area contributed by atoms with Gasteiger partial charge >= 0.3 is 11.9 Å². The third kappa shape index (κ3) is 6.20. The molecular formula is C33H31I3O7S. The fourth-order valence-corrected chi connectivity index (χ4v) is 11.4. The highest BCUT2D eigenvalue weighted by atomic mass is 127. The van der Waals surface area contributed by atoms with Crippen LogP contribution in [-0.2, 0) is 19.6 Å². The molecule has 3 aromatic carbocycles. The monoisotopic (exact) mass is 952 g/mol. The van der Waals surface area contributed by atoms with Crippen molar-refractivity contribution < 1.29 is 32.0 Å². The molecule has 4 bridgehead atoms. The van der Waals surface area contributed by atoms with Gasteiger partial charge in [-0.2, -0.15) is 8.42 Å². The van der Waals surface area contributed by atoms with Crippen LogP contribution in [-0.4, -0.2) is 30.5 Å². The standard InChI is InChI=1S/C33H31I3O7S/c1-18(2)24-11-23(12-25(29(24)44(39,40)41)21-6-4-3-5-7-21)42-31(38)32-13-19-8-20(14-32)16-33(15-19,17-32)43-30(37)26-9-22(34)10-27(35)28(26)36/h3-7,9-12,18-20H,8,13-17H2,1-2H3,(H,39,40,41). The summed E-state index contributed by atoms with van der Waals surface area (Å²) in [4.78, 5) is 27.6. The maximum atomic E-state index is 14.2. The normalized spacial score (nSPS) is 25.7. The van der Waals surface area contributed by atoms with Gasteiger partial charge in [0.15, 0.2) is 0 Å². The summed E-state index contributed by atoms with van der Waals surface area (Å²) in [5.41, 5.74) is 0.240. The molecule has 7 rings (SSSR count). The van der Waals surface area contributed by atoms with E-state index in [0.29, 0.717) is 36.0 Å². The molecule has 4 aliphatic carbocycles. The summed E-state index contributed by atoms with van der Waals surface area (Å²) in [6.45, 7) is 3.66. The van der Waals surface area contributed by atoms with Crippen molar-refractivity contribution in [3.63, 3.8) is 0 Å². The Kier molecular flexibility index (Phi) is 8.94. The summed E-state index contributed by atoms with van der Waals surface area (Å²) in [5, 5.41) is 0. The Bertz CT molecular complexity index is 1760. The molecule has 0 heterocycles. The average Bonchev–Trinajstić information content (AvgIpc) is 2.93. The van der Waals surface area contributed by atoms with E-state index in [9.17, 15) is 22.6 Å². The molecule has 4 fully saturated rings. The molecule has 232 valence electrons. The van der Waals surface area contributed by atoms with E-state index in [2.05, 4.69) is 67.8 Å². The SMILES string of the molecule is CC(C)c1cc(OC(=O)C23CC4CC(CC(OC(=O)c5cc(I)cc(I)c5I)(C4)C2)C3)cc(-c2ccccc2)c1S(=O)(=O)O. The van der Waals surface area contributed by atoms with Crippen molar-refractivity contribution in [2.24, 2.45) is 17.3 Å². The van der Waals surface area contributed by atoms with Crippen LogP contribution in [0.25, 0.3) is 11.1 Å². The first-order chi connectivity index (χ1) is 20.7. The lowest BCUT2D eigenvalue weighted by Gasteiger charge is -2.59. The number of esters is 2. The van der Waals surface area contributed by atoms with E-state index in [4.69, 9.17) is 9.47 Å². The number of hydrogen-bond donors (Lipinski definition) is 1. The molecule has 0 aliphatic heterocycles. The van der Waals surface area contributed by atoms with E-state index in [1.165, 1.54) is 6.07 Å². The molecule has 2 atom stereocenters. The van der Waals surface area contributed by atoms with Crippen LogP contribution in [0.3, 0.4) is 0 Å². The van der Waals surface area contributed by atoms with Gasteiger partial charge in [-0.1, -0.05) is 44.2 Å². The van der Waals surface area contributed by atoms with Crippen LogP contribution >= 0.6 is 67.8 Å². The molecule has 7 nitrogen and oxygen atoms in total. The van der Waals surface area contributed by atoms with Gasteiger partial charge < -0.3 is 9.47 Å². The van der Waals surface area contributed by atoms with Gasteiger partial charge in [0.2, 0.25) is 0 Å². The zero-order chi connectivity index (χ0) is 31.6. The third-order valence-corrected chi connectivity index (χ3v) is 13.9. The van der Waals surface area contributed by atoms with Crippen molar-refractivity contribution in [3.05, 3.63) is 76.4 Å². The Hall–Kier alpha value is -1.30. The van der Waals surface area contributed by atoms with Gasteiger partial charge in [0, 0.05) is 22.7 Å². The highest BCUT2D eigenvalue weighted by Crippen LogP contribution is 2.63. The molecule has 3 aromatic rings. The number of benzene rings is 3. The lowest BCUT2D eigenvalue weighted by Crippen LogP contribution is -2.60. The number of hydrogen-bond acceptors (Lipinski definition) is 6. The quantitative estimate of drug-likeness (QED) is 0.0832. The molecule has 0 amide bonds. The molecule has 0 spiro atoms. The molecule has 0 aromatic heterocycles. The van der Waals surface area contributed by atoms with Crippen LogP contribution in [0.15, 0.2) is 59.5 Å². The Labute approximate surface area is 298 Å². The smallest absolute Gasteiger partial charge is 0.339 e. The second-order valence-electron chi connectivity index (χ2n) is 12.8. The zero-order valence-electron chi connectivity index (χ0n) is 24.1. The highest BCUT2D eigenvalue weighted by Gasteiger charge is 2.63. The van der Waals surface area contributed by atoms with E-state index in [1.54, 1.807) is 30.3 Å². The van der Waals surface area contributed by atoms with Crippen LogP contribution in [0, 0.1) is 28.0 Å². The number of halogens is 3. The van der Waals surface area contributed by atoms with Gasteiger partial charge in [-0.25, -0.2) is 4.79 Å². The van der Waals surface area contributed by atoms with Crippen LogP contribution in [0.5, 0.6) is 5.75 Å². The van der Waals surface area contributed by atoms with Crippen molar-refractivity contribution in [2.75, 3.05) is 0 Å². The summed E-state index contributed by atoms with van der Waals surface area (Å²) >= 11 is 6.62. The van der Waals surface area contributed by atoms with Crippen LogP contribution in [0.2, 0.25) is 0 Å². The lowest BCUT2D eigenvalue weighted by atomic mass is 9.48. The van der Waals surface area contributed by atoms with Crippen molar-refractivity contribution >= 4 is 89.8 Å². The molecule has 2 unspecified atom stereocenters. The Balaban J connectivity index is 1.34. The van der Waals surface area contributed by atoms with Crippen molar-refractivity contribution in [1.29, 1.82) is 0 Å². The zero-order valence-corrected chi connectivity index (χ0v) is 31.4. The predicted octanol–water partition coefficient (Wildman–Crippen LogP) is 8.64. The molecule has 44 heavy (non-hydrogen) atoms. The van der Waals surface area contributed by atoms with Gasteiger partial charge in [-0.3, -0.25) is 9.35 Å². The molecule has 4 saturated carbocycles. The van der Waals surface area contributed by atoms with Crippen LogP contribution < -0.4 is 4.74 Å². The lowest BCUT2D eigenvalue weighted by molar-refractivity contribution is -0.189. The van der Waals surface area contributed by atoms with E-state index in [0.717, 1.165) is 30.0 Å². The number of ether oxygens (including phenoxy) is 2. The van der Waals surface area contributed by atoms with Gasteiger partial charge in [-0.15, -0.1) is 0 Å². The maximum Gasteiger partial charge on any atom is 0.339 e. The summed E-state index contributed by atoms with van der Waals surface area (Å²) in [7, 11) is -4.58. The summed E-state index contributed by atoms with van der Waals surface area (Å²) in [5.74, 6) is -0.277. The van der Waals surface area contributed by atoms with Crippen molar-refractivity contribution in [1.82, 2.24) is 0 Å². The molecule has 0 saturated heterocycles. The highest BCUT2D eigenvalue weighted by molar-refractivity contribution is 14.1. The van der Waals surface area contributed by atoms with Crippen molar-refractivity contribution in [3.8, 4) is 16.9 Å². The topological polar surface area (TPSA) is 107 Å². The maximum absolute atomic E-state index is 14.2. The van der Waals surface area contributed by atoms with Crippen LogP contribution in [0.4, 0.5) is 0 Å². The average molecular weight is 952 g/mol. The van der Waals surface area contributed by atoms with E-state index < -0.39 is 21.1 Å². The fourth-order valence-electron chi connectivity index (χ4n) is 7.94. The minimum atomic E-state index is -4.58. The molecular weight excluding hydrogens is 921 g/mol. The molecule has 4 aliphatic rings. The largest absolute Gasteiger partial charge is 0.455 e. The Morgan fingerprint density at radius 1 is 0.955 bits per heavy atom. The van der Waals surface area contributed by atoms with Gasteiger partial charge in [0.1, 0.15) is 16.2 Å². The number of carbonyl (C=O) groups is 2. The van der Waals surface area contributed by atoms with E-state index in [1.807, 2.05) is 32.0 Å². The minimum Gasteiger partial charge on any atom is -0.455 e. The summed E-state index contributed by atoms with van der Waals surface area (Å²) < 4.78 is 50.8. The number of carbonyl (C=O) groups excluding carboxylic acids is 2. The Morgan fingerprint density at radius 3 is 2.23 bits per heavy atom. The van der Waals surface area contributed by atoms with Gasteiger partial charge in [0.05, 0.1) is 11.0 Å². The fraction of sp³-hybridized carbons (Fsp3) is 0.394. The van der Waals surface area contributed by atoms with Gasteiger partial charge in [-0.05, 0) is 153 Å². The van der Waals surface area contributed by atoms with E-state index >= 15 is 0 Å². The van der Waals surface area contributed by atoms with E-state index in [-0.39, 0.29) is 45.9 Å². The summed E-state index contributed by atoms with van der Waals surface area (Å²) in [6.07, 6.45) is 4.23. The Morgan fingerprint density at radius 2 is 1.61 bits per heavy atom. The second kappa shape index (κ2) is 12.1. The second-order valence-corrected chi connectivity index (χ2v) is 17.7. The summed E-state index contributed by atoms with van der Waals surface area (Å²) in [6, 6.07) is 15.8. The first-order valence-corrected chi connectivity index (χ1v) is 19.2. The number of rotatable bonds is 7. The minimum absolute atomic E-state index is 0.181. The van der Waals surface area contributed by atoms with Crippen molar-refractivity contribution in [2.45, 2.75) is 68.8 Å². The van der Waals surface area contributed by atoms with Gasteiger partial charge in [0.25, 0.3) is 10.1 Å². The predicted molar refractivity (Wildman–Crippen MR) is 191 cm³/mol. The first kappa shape index (κ1) is 32.6.